The number of benzene rings is 2. The van der Waals surface area contributed by atoms with Gasteiger partial charge in [0, 0.05) is 42.3 Å². The lowest BCUT2D eigenvalue weighted by Gasteiger charge is -2.39. The van der Waals surface area contributed by atoms with E-state index in [1.165, 1.54) is 4.90 Å². The number of hydrogen-bond acceptors (Lipinski definition) is 8. The molecule has 3 aliphatic heterocycles. The van der Waals surface area contributed by atoms with Crippen molar-refractivity contribution in [3.8, 4) is 0 Å². The van der Waals surface area contributed by atoms with E-state index in [0.29, 0.717) is 24.9 Å². The molecule has 280 valence electrons. The maximum Gasteiger partial charge on any atom is 0.306 e. The fourth-order valence-electron chi connectivity index (χ4n) is 8.13. The number of aliphatic hydroxyl groups is 1. The van der Waals surface area contributed by atoms with Gasteiger partial charge in [-0.2, -0.15) is 0 Å². The smallest absolute Gasteiger partial charge is 0.306 e. The first-order chi connectivity index (χ1) is 25.1. The summed E-state index contributed by atoms with van der Waals surface area (Å²) >= 11 is 3.75. The van der Waals surface area contributed by atoms with Crippen molar-refractivity contribution in [3.05, 3.63) is 85.5 Å². The van der Waals surface area contributed by atoms with E-state index in [0.717, 1.165) is 24.3 Å². The number of nitrogens with zero attached hydrogens (tertiary/aromatic N) is 3. The summed E-state index contributed by atoms with van der Waals surface area (Å²) in [7, 11) is 0. The number of anilines is 2. The van der Waals surface area contributed by atoms with E-state index in [-0.39, 0.29) is 36.9 Å². The topological polar surface area (TPSA) is 129 Å². The molecule has 2 aromatic rings. The minimum Gasteiger partial charge on any atom is -0.463 e. The first-order valence-electron chi connectivity index (χ1n) is 18.2. The van der Waals surface area contributed by atoms with Crippen molar-refractivity contribution in [2.75, 3.05) is 42.6 Å². The number of fused-ring (bicyclic) bond motifs is 1. The second-order valence-corrected chi connectivity index (χ2v) is 14.7. The maximum absolute atomic E-state index is 15.0. The highest BCUT2D eigenvalue weighted by molar-refractivity contribution is 9.09. The molecule has 0 aliphatic carbocycles. The standard InChI is InChI=1S/C40H51BrN4O7/c1-6-11-17-32(47)51-25-31(26-15-13-12-14-16-26)42-37(48)33-34-38(49)45(27(8-3)24-46)36(40(34)23-30(41)35(33)52-40)39(50)44(22-7-2)29-20-18-28(19-21-29)43(9-4)10-5/h6-7,12-16,18-21,27,30-31,33-36,46H,1-2,8-11,17,22-25H2,3-5H3,(H,42,48)/t27-,30?,31+,33-,34+,35-,36-,40+/m0/s1. The predicted octanol–water partition coefficient (Wildman–Crippen LogP) is 4.94. The van der Waals surface area contributed by atoms with Crippen molar-refractivity contribution in [1.82, 2.24) is 10.2 Å². The summed E-state index contributed by atoms with van der Waals surface area (Å²) in [6, 6.07) is 14.4. The van der Waals surface area contributed by atoms with Crippen molar-refractivity contribution in [3.63, 3.8) is 0 Å². The fourth-order valence-corrected chi connectivity index (χ4v) is 9.07. The number of carbonyl (C=O) groups is 4. The number of esters is 1. The molecule has 8 atom stereocenters. The van der Waals surface area contributed by atoms with Gasteiger partial charge in [0.15, 0.2) is 0 Å². The van der Waals surface area contributed by atoms with Gasteiger partial charge in [-0.05, 0) is 62.9 Å². The van der Waals surface area contributed by atoms with Crippen LogP contribution in [0.25, 0.3) is 0 Å². The second-order valence-electron chi connectivity index (χ2n) is 13.6. The Morgan fingerprint density at radius 2 is 1.75 bits per heavy atom. The molecule has 2 aromatic carbocycles. The van der Waals surface area contributed by atoms with Crippen LogP contribution in [-0.2, 0) is 28.7 Å². The van der Waals surface area contributed by atoms with Gasteiger partial charge in [0.1, 0.15) is 18.2 Å². The summed E-state index contributed by atoms with van der Waals surface area (Å²) in [4.78, 5) is 61.5. The Balaban J connectivity index is 1.50. The molecular weight excluding hydrogens is 728 g/mol. The lowest BCUT2D eigenvalue weighted by atomic mass is 9.70. The Morgan fingerprint density at radius 3 is 2.35 bits per heavy atom. The molecule has 3 fully saturated rings. The van der Waals surface area contributed by atoms with E-state index in [1.54, 1.807) is 17.1 Å². The normalized spacial score (nSPS) is 25.6. The molecule has 0 saturated carbocycles. The summed E-state index contributed by atoms with van der Waals surface area (Å²) in [5.74, 6) is -3.56. The van der Waals surface area contributed by atoms with Gasteiger partial charge in [-0.25, -0.2) is 0 Å². The number of carbonyl (C=O) groups excluding carboxylic acids is 4. The number of halogens is 1. The van der Waals surface area contributed by atoms with Gasteiger partial charge in [-0.15, -0.1) is 13.2 Å². The van der Waals surface area contributed by atoms with Crippen LogP contribution in [0.3, 0.4) is 0 Å². The maximum atomic E-state index is 15.0. The molecule has 3 saturated heterocycles. The number of alkyl halides is 1. The van der Waals surface area contributed by atoms with Gasteiger partial charge in [-0.3, -0.25) is 19.2 Å². The second kappa shape index (κ2) is 17.2. The van der Waals surface area contributed by atoms with E-state index in [9.17, 15) is 24.3 Å². The lowest BCUT2D eigenvalue weighted by Crippen LogP contribution is -2.59. The zero-order valence-electron chi connectivity index (χ0n) is 30.3. The van der Waals surface area contributed by atoms with Crippen LogP contribution in [0.2, 0.25) is 0 Å². The average Bonchev–Trinajstić information content (AvgIpc) is 3.76. The lowest BCUT2D eigenvalue weighted by molar-refractivity contribution is -0.146. The van der Waals surface area contributed by atoms with Crippen LogP contribution >= 0.6 is 15.9 Å². The largest absolute Gasteiger partial charge is 0.463 e. The van der Waals surface area contributed by atoms with Crippen molar-refractivity contribution in [2.45, 2.75) is 81.1 Å². The average molecular weight is 780 g/mol. The zero-order valence-corrected chi connectivity index (χ0v) is 31.9. The predicted molar refractivity (Wildman–Crippen MR) is 204 cm³/mol. The van der Waals surface area contributed by atoms with E-state index < -0.39 is 59.5 Å². The summed E-state index contributed by atoms with van der Waals surface area (Å²) in [5.41, 5.74) is 1.05. The number of hydrogen-bond donors (Lipinski definition) is 2. The molecule has 0 aromatic heterocycles. The minimum absolute atomic E-state index is 0.106. The van der Waals surface area contributed by atoms with Gasteiger partial charge in [0.25, 0.3) is 5.91 Å². The molecule has 3 amide bonds. The van der Waals surface area contributed by atoms with Crippen LogP contribution in [0.15, 0.2) is 79.9 Å². The number of rotatable bonds is 18. The Labute approximate surface area is 315 Å². The highest BCUT2D eigenvalue weighted by Crippen LogP contribution is 2.60. The van der Waals surface area contributed by atoms with Crippen LogP contribution < -0.4 is 15.1 Å². The minimum atomic E-state index is -1.34. The third-order valence-electron chi connectivity index (χ3n) is 10.7. The summed E-state index contributed by atoms with van der Waals surface area (Å²) < 4.78 is 12.3. The van der Waals surface area contributed by atoms with Crippen molar-refractivity contribution >= 4 is 51.0 Å². The summed E-state index contributed by atoms with van der Waals surface area (Å²) in [6.45, 7) is 15.0. The van der Waals surface area contributed by atoms with Gasteiger partial charge in [0.2, 0.25) is 11.8 Å². The van der Waals surface area contributed by atoms with Crippen LogP contribution in [0.1, 0.15) is 58.1 Å². The fraction of sp³-hybridized carbons (Fsp3) is 0.500. The Morgan fingerprint density at radius 1 is 1.08 bits per heavy atom. The molecule has 1 spiro atoms. The molecule has 2 N–H and O–H groups in total. The number of allylic oxidation sites excluding steroid dienone is 1. The third kappa shape index (κ3) is 7.43. The number of likely N-dealkylation sites (tertiary alicyclic amines) is 1. The molecule has 11 nitrogen and oxygen atoms in total. The Hall–Kier alpha value is -4.00. The highest BCUT2D eigenvalue weighted by Gasteiger charge is 2.77. The van der Waals surface area contributed by atoms with E-state index in [2.05, 4.69) is 53.2 Å². The van der Waals surface area contributed by atoms with Gasteiger partial charge in [-0.1, -0.05) is 65.3 Å². The number of ether oxygens (including phenoxy) is 2. The van der Waals surface area contributed by atoms with Gasteiger partial charge >= 0.3 is 5.97 Å². The molecule has 0 radical (unpaired) electrons. The quantitative estimate of drug-likeness (QED) is 0.124. The highest BCUT2D eigenvalue weighted by atomic mass is 79.9. The molecule has 2 bridgehead atoms. The summed E-state index contributed by atoms with van der Waals surface area (Å²) in [6.07, 6.45) is 3.92. The number of amides is 3. The van der Waals surface area contributed by atoms with Crippen LogP contribution in [0.4, 0.5) is 11.4 Å². The molecule has 3 aliphatic rings. The Bertz CT molecular complexity index is 1600. The van der Waals surface area contributed by atoms with Crippen LogP contribution in [0.5, 0.6) is 0 Å². The van der Waals surface area contributed by atoms with Crippen molar-refractivity contribution < 1.29 is 33.8 Å². The van der Waals surface area contributed by atoms with Gasteiger partial charge < -0.3 is 34.6 Å². The molecular formula is C40H51BrN4O7. The molecule has 1 unspecified atom stereocenters. The number of aliphatic hydroxyl groups excluding tert-OH is 1. The monoisotopic (exact) mass is 778 g/mol. The number of nitrogens with one attached hydrogen (secondary N) is 1. The first kappa shape index (κ1) is 39.2. The van der Waals surface area contributed by atoms with E-state index in [4.69, 9.17) is 9.47 Å². The van der Waals surface area contributed by atoms with E-state index in [1.807, 2.05) is 61.5 Å². The third-order valence-corrected chi connectivity index (χ3v) is 11.5. The van der Waals surface area contributed by atoms with Crippen molar-refractivity contribution in [2.24, 2.45) is 11.8 Å². The Kier molecular flexibility index (Phi) is 13.0. The zero-order chi connectivity index (χ0) is 37.6. The molecule has 3 heterocycles. The molecule has 5 rings (SSSR count). The van der Waals surface area contributed by atoms with Crippen LogP contribution in [-0.4, -0.2) is 95.2 Å². The van der Waals surface area contributed by atoms with Gasteiger partial charge in [0.05, 0.1) is 36.6 Å². The molecule has 52 heavy (non-hydrogen) atoms. The van der Waals surface area contributed by atoms with Crippen molar-refractivity contribution in [1.29, 1.82) is 0 Å². The first-order valence-corrected chi connectivity index (χ1v) is 19.2. The van der Waals surface area contributed by atoms with Crippen LogP contribution in [0, 0.1) is 11.8 Å². The van der Waals surface area contributed by atoms with E-state index >= 15 is 0 Å². The SMILES string of the molecule is C=CCCC(=O)OC[C@@H](NC(=O)[C@@H]1[C@H]2O[C@@]3(CC2Br)[C@H](C(=O)N(CC=C)c2ccc(N(CC)CC)cc2)N([C@@H](CC)CO)C(=O)[C@@H]13)c1ccccc1. The summed E-state index contributed by atoms with van der Waals surface area (Å²) in [5, 5.41) is 13.6. The molecule has 12 heteroatoms.